The summed E-state index contributed by atoms with van der Waals surface area (Å²) in [7, 11) is 0. The molecule has 16 N–H and O–H groups in total. The first kappa shape index (κ1) is 87.7. The van der Waals surface area contributed by atoms with Crippen molar-refractivity contribution in [3.63, 3.8) is 0 Å². The summed E-state index contributed by atoms with van der Waals surface area (Å²) in [4.78, 5) is 9.45. The Hall–Kier alpha value is -0.850. The van der Waals surface area contributed by atoms with E-state index in [1.54, 1.807) is 0 Å². The van der Waals surface area contributed by atoms with Gasteiger partial charge in [0.05, 0.1) is 0 Å². The molecule has 0 aliphatic heterocycles. The summed E-state index contributed by atoms with van der Waals surface area (Å²) >= 11 is 0. The van der Waals surface area contributed by atoms with Crippen molar-refractivity contribution in [1.82, 2.24) is 0 Å². The van der Waals surface area contributed by atoms with Gasteiger partial charge in [-0.3, -0.25) is 0 Å². The van der Waals surface area contributed by atoms with Gasteiger partial charge >= 0.3 is 5.97 Å². The van der Waals surface area contributed by atoms with Crippen LogP contribution in [0.2, 0.25) is 0 Å². The summed E-state index contributed by atoms with van der Waals surface area (Å²) in [6.45, 7) is 1.20. The number of aliphatic hydroxyl groups excluding tert-OH is 1. The number of hydrogen-bond donors (Lipinski definition) is 2. The Kier molecular flexibility index (Phi) is 292. The fourth-order valence-electron chi connectivity index (χ4n) is 0. The molecular formula is C3H20O10. The van der Waals surface area contributed by atoms with Crippen LogP contribution in [0.4, 0.5) is 0 Å². The van der Waals surface area contributed by atoms with E-state index in [1.165, 1.54) is 6.92 Å². The van der Waals surface area contributed by atoms with Crippen molar-refractivity contribution in [2.75, 3.05) is 0 Å². The number of aliphatic hydroxyl groups is 1. The van der Waals surface area contributed by atoms with Gasteiger partial charge in [0.25, 0.3) is 0 Å². The van der Waals surface area contributed by atoms with Crippen LogP contribution in [0.15, 0.2) is 0 Å². The predicted octanol–water partition coefficient (Wildman–Crippen LogP) is -6.32. The van der Waals surface area contributed by atoms with Gasteiger partial charge in [-0.05, 0) is 6.92 Å². The zero-order valence-corrected chi connectivity index (χ0v) is 6.88. The average molecular weight is 216 g/mol. The molecule has 10 heteroatoms. The van der Waals surface area contributed by atoms with E-state index in [2.05, 4.69) is 0 Å². The molecule has 0 saturated heterocycles. The number of rotatable bonds is 1. The van der Waals surface area contributed by atoms with Gasteiger partial charge in [0.2, 0.25) is 0 Å². The molecule has 0 radical (unpaired) electrons. The lowest BCUT2D eigenvalue weighted by molar-refractivity contribution is -0.145. The Balaban J connectivity index is -0.00000000595. The van der Waals surface area contributed by atoms with Crippen LogP contribution in [-0.4, -0.2) is 60.6 Å². The molecule has 0 fully saturated rings. The Morgan fingerprint density at radius 3 is 1.00 bits per heavy atom. The molecule has 0 bridgehead atoms. The van der Waals surface area contributed by atoms with E-state index in [4.69, 9.17) is 10.2 Å². The molecule has 0 aliphatic rings. The maximum absolute atomic E-state index is 9.45. The summed E-state index contributed by atoms with van der Waals surface area (Å²) in [5.41, 5.74) is 0. The standard InChI is InChI=1S/C3H6O3.7H2O/c1-2(4)3(5)6;;;;;;;/h2,4H,1H3,(H,5,6);7*1H2. The maximum atomic E-state index is 9.45. The molecule has 10 nitrogen and oxygen atoms in total. The van der Waals surface area contributed by atoms with E-state index in [1.807, 2.05) is 0 Å². The highest BCUT2D eigenvalue weighted by Gasteiger charge is 2.01. The summed E-state index contributed by atoms with van der Waals surface area (Å²) in [6.07, 6.45) is -1.23. The van der Waals surface area contributed by atoms with Crippen LogP contribution in [0.1, 0.15) is 6.92 Å². The van der Waals surface area contributed by atoms with Crippen LogP contribution in [0.3, 0.4) is 0 Å². The van der Waals surface area contributed by atoms with Crippen LogP contribution in [0, 0.1) is 0 Å². The second-order valence-corrected chi connectivity index (χ2v) is 1.01. The van der Waals surface area contributed by atoms with Crippen LogP contribution in [0.25, 0.3) is 0 Å². The second-order valence-electron chi connectivity index (χ2n) is 1.01. The van der Waals surface area contributed by atoms with Gasteiger partial charge in [0.1, 0.15) is 6.10 Å². The number of carbonyl (C=O) groups is 1. The van der Waals surface area contributed by atoms with Gasteiger partial charge in [-0.15, -0.1) is 0 Å². The smallest absolute Gasteiger partial charge is 0.332 e. The van der Waals surface area contributed by atoms with Crippen LogP contribution in [-0.2, 0) is 4.79 Å². The van der Waals surface area contributed by atoms with E-state index < -0.39 is 12.1 Å². The first-order valence-electron chi connectivity index (χ1n) is 1.55. The number of carboxylic acids is 1. The number of carboxylic acid groups (broad SMARTS) is 1. The summed E-state index contributed by atoms with van der Waals surface area (Å²) in [6, 6.07) is 0. The first-order chi connectivity index (χ1) is 2.64. The van der Waals surface area contributed by atoms with Crippen molar-refractivity contribution in [2.24, 2.45) is 0 Å². The first-order valence-corrected chi connectivity index (χ1v) is 1.55. The van der Waals surface area contributed by atoms with Crippen molar-refractivity contribution in [1.29, 1.82) is 0 Å². The van der Waals surface area contributed by atoms with E-state index >= 15 is 0 Å². The van der Waals surface area contributed by atoms with Crippen molar-refractivity contribution < 1.29 is 53.3 Å². The molecule has 1 atom stereocenters. The summed E-state index contributed by atoms with van der Waals surface area (Å²) in [5.74, 6) is -1.19. The van der Waals surface area contributed by atoms with E-state index in [0.29, 0.717) is 0 Å². The topological polar surface area (TPSA) is 278 Å². The molecule has 0 heterocycles. The fraction of sp³-hybridized carbons (Fsp3) is 0.667. The molecule has 0 aromatic carbocycles. The fourth-order valence-corrected chi connectivity index (χ4v) is 0. The molecule has 0 spiro atoms. The van der Waals surface area contributed by atoms with Gasteiger partial charge in [0, 0.05) is 0 Å². The third kappa shape index (κ3) is 94.1. The SMILES string of the molecule is CC(O)C(=O)O.O.O.O.O.O.O.O. The minimum atomic E-state index is -1.23. The van der Waals surface area contributed by atoms with Gasteiger partial charge in [-0.1, -0.05) is 0 Å². The highest BCUT2D eigenvalue weighted by molar-refractivity contribution is 5.71. The lowest BCUT2D eigenvalue weighted by Crippen LogP contribution is -2.13. The maximum Gasteiger partial charge on any atom is 0.332 e. The Labute approximate surface area is 73.6 Å². The van der Waals surface area contributed by atoms with Crippen molar-refractivity contribution in [3.05, 3.63) is 0 Å². The Morgan fingerprint density at radius 2 is 1.00 bits per heavy atom. The average Bonchev–Trinajstić information content (AvgIpc) is 1.36. The third-order valence-electron chi connectivity index (χ3n) is 0.357. The minimum absolute atomic E-state index is 0. The molecule has 0 amide bonds. The van der Waals surface area contributed by atoms with E-state index in [0.717, 1.165) is 0 Å². The number of hydrogen-bond acceptors (Lipinski definition) is 2. The molecule has 0 saturated carbocycles. The minimum Gasteiger partial charge on any atom is -0.479 e. The molecule has 0 rings (SSSR count). The van der Waals surface area contributed by atoms with Gasteiger partial charge in [0.15, 0.2) is 0 Å². The predicted molar refractivity (Wildman–Crippen MR) is 44.6 cm³/mol. The Morgan fingerprint density at radius 1 is 0.923 bits per heavy atom. The quantitative estimate of drug-likeness (QED) is 0.432. The summed E-state index contributed by atoms with van der Waals surface area (Å²) < 4.78 is 0. The number of aliphatic carboxylic acids is 1. The lowest BCUT2D eigenvalue weighted by atomic mass is 10.4. The molecule has 13 heavy (non-hydrogen) atoms. The zero-order chi connectivity index (χ0) is 5.15. The molecule has 0 aromatic heterocycles. The normalized spacial score (nSPS) is 6.31. The second kappa shape index (κ2) is 43.3. The van der Waals surface area contributed by atoms with Crippen molar-refractivity contribution in [3.8, 4) is 0 Å². The zero-order valence-electron chi connectivity index (χ0n) is 6.88. The van der Waals surface area contributed by atoms with Gasteiger partial charge in [-0.2, -0.15) is 0 Å². The lowest BCUT2D eigenvalue weighted by Gasteiger charge is -1.89. The Bertz CT molecular complexity index is 61.2. The molecule has 92 valence electrons. The monoisotopic (exact) mass is 216 g/mol. The van der Waals surface area contributed by atoms with Crippen molar-refractivity contribution in [2.45, 2.75) is 13.0 Å². The van der Waals surface area contributed by atoms with Crippen LogP contribution < -0.4 is 0 Å². The highest BCUT2D eigenvalue weighted by Crippen LogP contribution is 1.73. The third-order valence-corrected chi connectivity index (χ3v) is 0.357. The van der Waals surface area contributed by atoms with Crippen LogP contribution >= 0.6 is 0 Å². The summed E-state index contributed by atoms with van der Waals surface area (Å²) in [5, 5.41) is 15.8. The van der Waals surface area contributed by atoms with Crippen molar-refractivity contribution >= 4 is 5.97 Å². The molecule has 0 aromatic rings. The largest absolute Gasteiger partial charge is 0.479 e. The molecular weight excluding hydrogens is 196 g/mol. The molecule has 0 aliphatic carbocycles. The van der Waals surface area contributed by atoms with Crippen LogP contribution in [0.5, 0.6) is 0 Å². The van der Waals surface area contributed by atoms with E-state index in [9.17, 15) is 4.79 Å². The van der Waals surface area contributed by atoms with E-state index in [-0.39, 0.29) is 38.3 Å². The van der Waals surface area contributed by atoms with Gasteiger partial charge < -0.3 is 48.5 Å². The highest BCUT2D eigenvalue weighted by atomic mass is 16.4. The van der Waals surface area contributed by atoms with Gasteiger partial charge in [-0.25, -0.2) is 4.79 Å². The molecule has 1 unspecified atom stereocenters.